The molecule has 0 saturated heterocycles. The van der Waals surface area contributed by atoms with Crippen LogP contribution in [0.5, 0.6) is 0 Å². The first-order chi connectivity index (χ1) is 5.54. The second kappa shape index (κ2) is 5.44. The van der Waals surface area contributed by atoms with Crippen molar-refractivity contribution in [1.29, 1.82) is 0 Å². The molecule has 2 nitrogen and oxygen atoms in total. The minimum absolute atomic E-state index is 0. The molecule has 1 aromatic rings. The first-order valence-electron chi connectivity index (χ1n) is 2.91. The molecule has 0 fully saturated rings. The smallest absolute Gasteiger partial charge is 1.00 e. The number of hydrogen-bond acceptors (Lipinski definition) is 1. The van der Waals surface area contributed by atoms with E-state index in [0.717, 1.165) is 0 Å². The van der Waals surface area contributed by atoms with Gasteiger partial charge in [0, 0.05) is 0 Å². The fourth-order valence-corrected chi connectivity index (χ4v) is 1.31. The van der Waals surface area contributed by atoms with E-state index in [2.05, 4.69) is 0 Å². The van der Waals surface area contributed by atoms with Crippen LogP contribution in [-0.2, 0) is 0 Å². The summed E-state index contributed by atoms with van der Waals surface area (Å²) in [4.78, 5) is 10.5. The minimum Gasteiger partial charge on any atom is -1.00 e. The molecule has 6 heteroatoms. The minimum atomic E-state index is -1.13. The van der Waals surface area contributed by atoms with Gasteiger partial charge >= 0.3 is 35.5 Å². The number of halogens is 3. The summed E-state index contributed by atoms with van der Waals surface area (Å²) in [5, 5.41) is 8.87. The molecule has 0 aliphatic rings. The second-order valence-corrected chi connectivity index (χ2v) is 3.19. The summed E-state index contributed by atoms with van der Waals surface area (Å²) in [5.74, 6) is -1.13. The van der Waals surface area contributed by atoms with Crippen molar-refractivity contribution in [1.82, 2.24) is 0 Å². The Morgan fingerprint density at radius 3 is 2.23 bits per heavy atom. The number of benzene rings is 1. The van der Waals surface area contributed by atoms with E-state index < -0.39 is 5.97 Å². The number of carboxylic acid groups (broad SMARTS) is 1. The van der Waals surface area contributed by atoms with Gasteiger partial charge in [0.05, 0.1) is 20.6 Å². The van der Waals surface area contributed by atoms with Gasteiger partial charge in [0.25, 0.3) is 0 Å². The molecule has 66 valence electrons. The molecule has 1 rings (SSSR count). The molecule has 0 aliphatic carbocycles. The zero-order valence-corrected chi connectivity index (χ0v) is 10.9. The van der Waals surface area contributed by atoms with Crippen molar-refractivity contribution in [3.63, 3.8) is 0 Å². The zero-order valence-electron chi connectivity index (χ0n) is 7.64. The van der Waals surface area contributed by atoms with Gasteiger partial charge in [0.15, 0.2) is 0 Å². The van der Waals surface area contributed by atoms with Gasteiger partial charge in [0.2, 0.25) is 0 Å². The van der Waals surface area contributed by atoms with Crippen molar-refractivity contribution in [2.24, 2.45) is 0 Å². The molecule has 13 heavy (non-hydrogen) atoms. The van der Waals surface area contributed by atoms with Gasteiger partial charge in [-0.2, -0.15) is 0 Å². The van der Waals surface area contributed by atoms with Gasteiger partial charge in [0.1, 0.15) is 0 Å². The quantitative estimate of drug-likeness (QED) is 0.580. The SMILES string of the molecule is O=C(O)c1ccc(Cl)c(Cl)c1Cl.[H-].[Na+]. The summed E-state index contributed by atoms with van der Waals surface area (Å²) in [7, 11) is 0. The summed E-state index contributed by atoms with van der Waals surface area (Å²) in [5.41, 5.74) is -0.0499. The Hall–Kier alpha value is 0.560. The van der Waals surface area contributed by atoms with Gasteiger partial charge in [-0.15, -0.1) is 0 Å². The van der Waals surface area contributed by atoms with Gasteiger partial charge in [-0.3, -0.25) is 0 Å². The van der Waals surface area contributed by atoms with E-state index in [1.54, 1.807) is 0 Å². The third-order valence-corrected chi connectivity index (χ3v) is 2.56. The van der Waals surface area contributed by atoms with Crippen LogP contribution in [0.15, 0.2) is 12.1 Å². The Balaban J connectivity index is 0. The fourth-order valence-electron chi connectivity index (χ4n) is 0.691. The molecule has 0 saturated carbocycles. The van der Waals surface area contributed by atoms with Crippen molar-refractivity contribution < 1.29 is 40.9 Å². The van der Waals surface area contributed by atoms with Crippen molar-refractivity contribution >= 4 is 40.8 Å². The molecule has 0 heterocycles. The van der Waals surface area contributed by atoms with E-state index in [1.165, 1.54) is 12.1 Å². The van der Waals surface area contributed by atoms with Gasteiger partial charge in [-0.25, -0.2) is 4.79 Å². The first kappa shape index (κ1) is 13.6. The maximum absolute atomic E-state index is 10.5. The van der Waals surface area contributed by atoms with Crippen LogP contribution in [0.25, 0.3) is 0 Å². The topological polar surface area (TPSA) is 37.3 Å². The van der Waals surface area contributed by atoms with E-state index in [9.17, 15) is 4.79 Å². The Bertz CT molecular complexity index is 346. The van der Waals surface area contributed by atoms with E-state index in [4.69, 9.17) is 39.9 Å². The fraction of sp³-hybridized carbons (Fsp3) is 0. The summed E-state index contributed by atoms with van der Waals surface area (Å²) in [6.45, 7) is 0. The van der Waals surface area contributed by atoms with Crippen LogP contribution in [-0.4, -0.2) is 11.1 Å². The maximum atomic E-state index is 10.5. The van der Waals surface area contributed by atoms with Gasteiger partial charge < -0.3 is 6.53 Å². The average Bonchev–Trinajstić information content (AvgIpc) is 2.00. The summed E-state index contributed by atoms with van der Waals surface area (Å²) >= 11 is 16.8. The van der Waals surface area contributed by atoms with Crippen LogP contribution in [0.2, 0.25) is 15.1 Å². The molecule has 0 bridgehead atoms. The Labute approximate surface area is 114 Å². The first-order valence-corrected chi connectivity index (χ1v) is 4.04. The standard InChI is InChI=1S/C7H3Cl3O2.Na.H/c8-4-2-1-3(7(11)12)5(9)6(4)10;;/h1-2H,(H,11,12);;/q;+1;-1. The molecular formula is C7H4Cl3NaO2. The van der Waals surface area contributed by atoms with Gasteiger partial charge in [-0.05, 0) is 12.1 Å². The van der Waals surface area contributed by atoms with Crippen molar-refractivity contribution in [3.8, 4) is 0 Å². The number of rotatable bonds is 1. The van der Waals surface area contributed by atoms with Crippen molar-refractivity contribution in [2.75, 3.05) is 0 Å². The normalized spacial score (nSPS) is 9.15. The van der Waals surface area contributed by atoms with Crippen LogP contribution in [0, 0.1) is 0 Å². The monoisotopic (exact) mass is 248 g/mol. The molecule has 0 aromatic heterocycles. The van der Waals surface area contributed by atoms with E-state index in [0.29, 0.717) is 0 Å². The number of aromatic carboxylic acids is 1. The Kier molecular flexibility index (Phi) is 5.68. The Morgan fingerprint density at radius 1 is 1.23 bits per heavy atom. The zero-order chi connectivity index (χ0) is 9.30. The molecule has 1 aromatic carbocycles. The third-order valence-electron chi connectivity index (χ3n) is 1.27. The predicted octanol–water partition coefficient (Wildman–Crippen LogP) is 0.461. The number of carboxylic acids is 1. The molecule has 0 amide bonds. The maximum Gasteiger partial charge on any atom is 1.00 e. The molecule has 0 atom stereocenters. The summed E-state index contributed by atoms with van der Waals surface area (Å²) < 4.78 is 0. The predicted molar refractivity (Wildman–Crippen MR) is 49.5 cm³/mol. The van der Waals surface area contributed by atoms with Crippen LogP contribution in [0.4, 0.5) is 0 Å². The summed E-state index contributed by atoms with van der Waals surface area (Å²) in [6, 6.07) is 2.69. The van der Waals surface area contributed by atoms with Crippen molar-refractivity contribution in [2.45, 2.75) is 0 Å². The van der Waals surface area contributed by atoms with Crippen LogP contribution in [0.3, 0.4) is 0 Å². The molecular weight excluding hydrogens is 245 g/mol. The van der Waals surface area contributed by atoms with E-state index in [1.807, 2.05) is 0 Å². The summed E-state index contributed by atoms with van der Waals surface area (Å²) in [6.07, 6.45) is 0. The van der Waals surface area contributed by atoms with Crippen LogP contribution >= 0.6 is 34.8 Å². The molecule has 0 radical (unpaired) electrons. The average molecular weight is 249 g/mol. The van der Waals surface area contributed by atoms with Gasteiger partial charge in [-0.1, -0.05) is 34.8 Å². The van der Waals surface area contributed by atoms with Crippen LogP contribution in [0.1, 0.15) is 11.8 Å². The van der Waals surface area contributed by atoms with E-state index >= 15 is 0 Å². The number of carbonyl (C=O) groups is 1. The largest absolute Gasteiger partial charge is 1.00 e. The molecule has 1 N–H and O–H groups in total. The third kappa shape index (κ3) is 3.01. The van der Waals surface area contributed by atoms with E-state index in [-0.39, 0.29) is 51.6 Å². The molecule has 0 aliphatic heterocycles. The number of hydrogen-bond donors (Lipinski definition) is 1. The second-order valence-electron chi connectivity index (χ2n) is 2.03. The molecule has 0 spiro atoms. The van der Waals surface area contributed by atoms with Crippen LogP contribution < -0.4 is 29.6 Å². The Morgan fingerprint density at radius 2 is 1.77 bits per heavy atom. The van der Waals surface area contributed by atoms with Crippen molar-refractivity contribution in [3.05, 3.63) is 32.8 Å². The molecule has 0 unspecified atom stereocenters.